The minimum Gasteiger partial charge on any atom is -0.377 e. The van der Waals surface area contributed by atoms with Crippen molar-refractivity contribution >= 4 is 28.9 Å². The highest BCUT2D eigenvalue weighted by atomic mass is 35.5. The maximum absolute atomic E-state index is 6.03. The van der Waals surface area contributed by atoms with Crippen LogP contribution < -0.4 is 10.6 Å². The van der Waals surface area contributed by atoms with E-state index in [9.17, 15) is 0 Å². The molecule has 0 saturated carbocycles. The Morgan fingerprint density at radius 1 is 0.720 bits per heavy atom. The molecule has 128 valence electrons. The Bertz CT molecular complexity index is 771. The Morgan fingerprint density at radius 3 is 1.96 bits per heavy atom. The summed E-state index contributed by atoms with van der Waals surface area (Å²) >= 11 is 12.0. The topological polar surface area (TPSA) is 24.1 Å². The Labute approximate surface area is 158 Å². The zero-order chi connectivity index (χ0) is 17.5. The molecule has 0 aliphatic rings. The molecule has 0 aromatic heterocycles. The zero-order valence-corrected chi connectivity index (χ0v) is 15.3. The third kappa shape index (κ3) is 5.50. The van der Waals surface area contributed by atoms with Crippen molar-refractivity contribution < 1.29 is 0 Å². The molecule has 4 heteroatoms. The monoisotopic (exact) mass is 370 g/mol. The highest BCUT2D eigenvalue weighted by Crippen LogP contribution is 2.22. The van der Waals surface area contributed by atoms with Crippen LogP contribution in [-0.2, 0) is 6.54 Å². The smallest absolute Gasteiger partial charge is 0.0638 e. The third-order valence-electron chi connectivity index (χ3n) is 3.98. The quantitative estimate of drug-likeness (QED) is 0.537. The van der Waals surface area contributed by atoms with Gasteiger partial charge in [0.25, 0.3) is 0 Å². The van der Waals surface area contributed by atoms with Crippen molar-refractivity contribution in [3.63, 3.8) is 0 Å². The van der Waals surface area contributed by atoms with Crippen molar-refractivity contribution in [3.05, 3.63) is 100 Å². The molecular formula is C21H20Cl2N2. The van der Waals surface area contributed by atoms with Gasteiger partial charge in [-0.25, -0.2) is 0 Å². The maximum Gasteiger partial charge on any atom is 0.0638 e. The van der Waals surface area contributed by atoms with E-state index < -0.39 is 0 Å². The maximum atomic E-state index is 6.03. The predicted octanol–water partition coefficient (Wildman–Crippen LogP) is 5.94. The van der Waals surface area contributed by atoms with Gasteiger partial charge in [0.15, 0.2) is 0 Å². The number of benzene rings is 3. The summed E-state index contributed by atoms with van der Waals surface area (Å²) in [6.07, 6.45) is 0. The van der Waals surface area contributed by atoms with Gasteiger partial charge in [-0.05, 0) is 47.5 Å². The van der Waals surface area contributed by atoms with Crippen molar-refractivity contribution in [2.45, 2.75) is 12.6 Å². The van der Waals surface area contributed by atoms with Crippen molar-refractivity contribution in [2.75, 3.05) is 11.9 Å². The minimum absolute atomic E-state index is 0.127. The second-order valence-electron chi connectivity index (χ2n) is 5.87. The van der Waals surface area contributed by atoms with Gasteiger partial charge in [0, 0.05) is 28.8 Å². The molecule has 0 bridgehead atoms. The van der Waals surface area contributed by atoms with Crippen LogP contribution in [0.5, 0.6) is 0 Å². The van der Waals surface area contributed by atoms with E-state index in [-0.39, 0.29) is 6.04 Å². The number of halogens is 2. The summed E-state index contributed by atoms with van der Waals surface area (Å²) in [4.78, 5) is 0. The van der Waals surface area contributed by atoms with Gasteiger partial charge in [-0.3, -0.25) is 0 Å². The van der Waals surface area contributed by atoms with Crippen LogP contribution in [0.15, 0.2) is 78.9 Å². The molecule has 0 aliphatic heterocycles. The largest absolute Gasteiger partial charge is 0.377 e. The Hall–Kier alpha value is -2.00. The lowest BCUT2D eigenvalue weighted by Crippen LogP contribution is -2.26. The summed E-state index contributed by atoms with van der Waals surface area (Å²) in [6, 6.07) is 26.2. The van der Waals surface area contributed by atoms with Crippen LogP contribution in [0.1, 0.15) is 17.2 Å². The van der Waals surface area contributed by atoms with Crippen LogP contribution in [0.3, 0.4) is 0 Å². The van der Waals surface area contributed by atoms with E-state index in [1.807, 2.05) is 42.5 Å². The molecule has 0 radical (unpaired) electrons. The lowest BCUT2D eigenvalue weighted by molar-refractivity contribution is 0.623. The zero-order valence-electron chi connectivity index (χ0n) is 13.8. The standard InChI is InChI=1S/C21H20Cl2N2/c22-18-8-6-17(7-9-18)21(25-20-12-10-19(23)11-13-20)15-24-14-16-4-2-1-3-5-16/h1-13,21,24-25H,14-15H2. The van der Waals surface area contributed by atoms with Gasteiger partial charge < -0.3 is 10.6 Å². The van der Waals surface area contributed by atoms with Crippen molar-refractivity contribution in [3.8, 4) is 0 Å². The van der Waals surface area contributed by atoms with Gasteiger partial charge in [-0.2, -0.15) is 0 Å². The van der Waals surface area contributed by atoms with Crippen molar-refractivity contribution in [1.29, 1.82) is 0 Å². The van der Waals surface area contributed by atoms with Crippen LogP contribution in [0, 0.1) is 0 Å². The summed E-state index contributed by atoms with van der Waals surface area (Å²) in [5.74, 6) is 0. The fourth-order valence-corrected chi connectivity index (χ4v) is 2.90. The lowest BCUT2D eigenvalue weighted by Gasteiger charge is -2.21. The van der Waals surface area contributed by atoms with Gasteiger partial charge in [-0.1, -0.05) is 65.7 Å². The normalized spacial score (nSPS) is 11.9. The molecule has 3 rings (SSSR count). The molecule has 2 N–H and O–H groups in total. The molecule has 0 amide bonds. The van der Waals surface area contributed by atoms with E-state index in [2.05, 4.69) is 47.0 Å². The summed E-state index contributed by atoms with van der Waals surface area (Å²) in [7, 11) is 0. The molecule has 1 unspecified atom stereocenters. The Balaban J connectivity index is 1.69. The van der Waals surface area contributed by atoms with Gasteiger partial charge in [-0.15, -0.1) is 0 Å². The first-order chi connectivity index (χ1) is 12.2. The molecule has 0 aliphatic carbocycles. The van der Waals surface area contributed by atoms with Gasteiger partial charge in [0.2, 0.25) is 0 Å². The summed E-state index contributed by atoms with van der Waals surface area (Å²) in [5, 5.41) is 8.56. The second kappa shape index (κ2) is 8.91. The summed E-state index contributed by atoms with van der Waals surface area (Å²) in [5.41, 5.74) is 3.48. The highest BCUT2D eigenvalue weighted by Gasteiger charge is 2.11. The van der Waals surface area contributed by atoms with E-state index in [1.54, 1.807) is 0 Å². The van der Waals surface area contributed by atoms with Gasteiger partial charge in [0.1, 0.15) is 0 Å². The van der Waals surface area contributed by atoms with Crippen LogP contribution in [0.25, 0.3) is 0 Å². The Morgan fingerprint density at radius 2 is 1.32 bits per heavy atom. The predicted molar refractivity (Wildman–Crippen MR) is 107 cm³/mol. The number of anilines is 1. The SMILES string of the molecule is Clc1ccc(NC(CNCc2ccccc2)c2ccc(Cl)cc2)cc1. The second-order valence-corrected chi connectivity index (χ2v) is 6.74. The highest BCUT2D eigenvalue weighted by molar-refractivity contribution is 6.30. The van der Waals surface area contributed by atoms with Crippen LogP contribution in [0.4, 0.5) is 5.69 Å². The lowest BCUT2D eigenvalue weighted by atomic mass is 10.1. The molecule has 0 heterocycles. The molecule has 3 aromatic rings. The molecular weight excluding hydrogens is 351 g/mol. The number of nitrogens with one attached hydrogen (secondary N) is 2. The van der Waals surface area contributed by atoms with Crippen molar-refractivity contribution in [1.82, 2.24) is 5.32 Å². The van der Waals surface area contributed by atoms with Crippen LogP contribution in [0.2, 0.25) is 10.0 Å². The molecule has 1 atom stereocenters. The van der Waals surface area contributed by atoms with Crippen molar-refractivity contribution in [2.24, 2.45) is 0 Å². The fraction of sp³-hybridized carbons (Fsp3) is 0.143. The average molecular weight is 371 g/mol. The molecule has 0 spiro atoms. The summed E-state index contributed by atoms with van der Waals surface area (Å²) in [6.45, 7) is 1.62. The average Bonchev–Trinajstić information content (AvgIpc) is 2.64. The minimum atomic E-state index is 0.127. The molecule has 2 nitrogen and oxygen atoms in total. The van der Waals surface area contributed by atoms with E-state index >= 15 is 0 Å². The van der Waals surface area contributed by atoms with Gasteiger partial charge >= 0.3 is 0 Å². The first-order valence-corrected chi connectivity index (χ1v) is 8.98. The molecule has 25 heavy (non-hydrogen) atoms. The molecule has 0 saturated heterocycles. The van der Waals surface area contributed by atoms with E-state index in [4.69, 9.17) is 23.2 Å². The Kier molecular flexibility index (Phi) is 6.35. The number of hydrogen-bond donors (Lipinski definition) is 2. The van der Waals surface area contributed by atoms with E-state index in [1.165, 1.54) is 11.1 Å². The number of hydrogen-bond acceptors (Lipinski definition) is 2. The van der Waals surface area contributed by atoms with Gasteiger partial charge in [0.05, 0.1) is 6.04 Å². The fourth-order valence-electron chi connectivity index (χ4n) is 2.65. The number of rotatable bonds is 7. The van der Waals surface area contributed by atoms with E-state index in [0.29, 0.717) is 0 Å². The third-order valence-corrected chi connectivity index (χ3v) is 4.48. The molecule has 0 fully saturated rings. The van der Waals surface area contributed by atoms with Crippen LogP contribution in [-0.4, -0.2) is 6.54 Å². The first-order valence-electron chi connectivity index (χ1n) is 8.23. The van der Waals surface area contributed by atoms with Crippen LogP contribution >= 0.6 is 23.2 Å². The summed E-state index contributed by atoms with van der Waals surface area (Å²) < 4.78 is 0. The first kappa shape index (κ1) is 17.8. The van der Waals surface area contributed by atoms with E-state index in [0.717, 1.165) is 28.8 Å². The molecule has 3 aromatic carbocycles.